The minimum Gasteiger partial charge on any atom is -0.378 e. The molecular weight excluding hydrogens is 328 g/mol. The van der Waals surface area contributed by atoms with Crippen LogP contribution in [0.5, 0.6) is 0 Å². The highest BCUT2D eigenvalue weighted by atomic mass is 16.6. The lowest BCUT2D eigenvalue weighted by atomic mass is 9.82. The van der Waals surface area contributed by atoms with Gasteiger partial charge in [-0.25, -0.2) is 0 Å². The molecule has 2 heterocycles. The largest absolute Gasteiger partial charge is 0.378 e. The first-order chi connectivity index (χ1) is 12.2. The fourth-order valence-electron chi connectivity index (χ4n) is 4.66. The molecule has 1 aliphatic carbocycles. The lowest BCUT2D eigenvalue weighted by molar-refractivity contribution is -0.0981. The van der Waals surface area contributed by atoms with Gasteiger partial charge in [0.15, 0.2) is 0 Å². The van der Waals surface area contributed by atoms with E-state index in [0.29, 0.717) is 24.2 Å². The monoisotopic (exact) mass is 368 g/mol. The summed E-state index contributed by atoms with van der Waals surface area (Å²) < 4.78 is 23.8. The molecule has 4 nitrogen and oxygen atoms in total. The Bertz CT molecular complexity index is 447. The van der Waals surface area contributed by atoms with Crippen LogP contribution in [-0.4, -0.2) is 49.3 Å². The van der Waals surface area contributed by atoms with E-state index in [0.717, 1.165) is 51.4 Å². The third-order valence-electron chi connectivity index (χ3n) is 6.39. The van der Waals surface area contributed by atoms with E-state index in [4.69, 9.17) is 18.9 Å². The molecule has 0 aromatic heterocycles. The minimum atomic E-state index is -0.127. The van der Waals surface area contributed by atoms with Crippen LogP contribution in [0.1, 0.15) is 79.6 Å². The molecule has 152 valence electrons. The Hall–Kier alpha value is -0.160. The summed E-state index contributed by atoms with van der Waals surface area (Å²) in [7, 11) is 0. The maximum atomic E-state index is 6.28. The molecule has 0 N–H and O–H groups in total. The highest BCUT2D eigenvalue weighted by Crippen LogP contribution is 2.42. The molecule has 5 unspecified atom stereocenters. The van der Waals surface area contributed by atoms with E-state index in [2.05, 4.69) is 34.6 Å². The van der Waals surface area contributed by atoms with E-state index < -0.39 is 0 Å². The Balaban J connectivity index is 1.32. The molecule has 1 saturated carbocycles. The number of hydrogen-bond donors (Lipinski definition) is 0. The molecule has 2 saturated heterocycles. The van der Waals surface area contributed by atoms with Crippen LogP contribution in [-0.2, 0) is 18.9 Å². The Morgan fingerprint density at radius 3 is 2.42 bits per heavy atom. The summed E-state index contributed by atoms with van der Waals surface area (Å²) >= 11 is 0. The van der Waals surface area contributed by atoms with Gasteiger partial charge in [0.05, 0.1) is 42.7 Å². The first-order valence-electron chi connectivity index (χ1n) is 10.8. The summed E-state index contributed by atoms with van der Waals surface area (Å²) in [5.74, 6) is 1.39. The van der Waals surface area contributed by atoms with Crippen LogP contribution in [0.15, 0.2) is 0 Å². The second-order valence-electron chi connectivity index (χ2n) is 10.1. The highest BCUT2D eigenvalue weighted by molar-refractivity contribution is 4.93. The van der Waals surface area contributed by atoms with Crippen molar-refractivity contribution in [3.63, 3.8) is 0 Å². The molecule has 26 heavy (non-hydrogen) atoms. The Labute approximate surface area is 160 Å². The average molecular weight is 369 g/mol. The van der Waals surface area contributed by atoms with Crippen molar-refractivity contribution >= 4 is 0 Å². The van der Waals surface area contributed by atoms with Gasteiger partial charge in [0.2, 0.25) is 0 Å². The molecule has 0 radical (unpaired) electrons. The van der Waals surface area contributed by atoms with E-state index in [1.165, 1.54) is 19.3 Å². The number of hydrogen-bond acceptors (Lipinski definition) is 4. The molecule has 0 aromatic rings. The zero-order valence-corrected chi connectivity index (χ0v) is 17.6. The van der Waals surface area contributed by atoms with Crippen molar-refractivity contribution in [1.29, 1.82) is 0 Å². The fraction of sp³-hybridized carbons (Fsp3) is 1.00. The number of ether oxygens (including phenoxy) is 4. The van der Waals surface area contributed by atoms with Crippen LogP contribution in [0.2, 0.25) is 0 Å². The predicted octanol–water partition coefficient (Wildman–Crippen LogP) is 4.74. The molecule has 0 bridgehead atoms. The van der Waals surface area contributed by atoms with Gasteiger partial charge in [-0.3, -0.25) is 0 Å². The van der Waals surface area contributed by atoms with Crippen LogP contribution in [0, 0.1) is 11.8 Å². The smallest absolute Gasteiger partial charge is 0.0844 e. The van der Waals surface area contributed by atoms with E-state index in [-0.39, 0.29) is 11.2 Å². The second-order valence-corrected chi connectivity index (χ2v) is 10.1. The fourth-order valence-corrected chi connectivity index (χ4v) is 4.66. The van der Waals surface area contributed by atoms with Crippen molar-refractivity contribution in [2.75, 3.05) is 19.8 Å². The summed E-state index contributed by atoms with van der Waals surface area (Å²) in [6, 6.07) is 0. The zero-order chi connectivity index (χ0) is 18.8. The number of epoxide rings is 1. The lowest BCUT2D eigenvalue weighted by Gasteiger charge is -2.34. The summed E-state index contributed by atoms with van der Waals surface area (Å²) in [6.45, 7) is 13.5. The summed E-state index contributed by atoms with van der Waals surface area (Å²) in [5, 5.41) is 0. The van der Waals surface area contributed by atoms with E-state index in [9.17, 15) is 0 Å². The number of rotatable bonds is 9. The van der Waals surface area contributed by atoms with Gasteiger partial charge in [0.1, 0.15) is 0 Å². The first-order valence-corrected chi connectivity index (χ1v) is 10.8. The normalized spacial score (nSPS) is 35.2. The van der Waals surface area contributed by atoms with Gasteiger partial charge >= 0.3 is 0 Å². The maximum absolute atomic E-state index is 6.28. The van der Waals surface area contributed by atoms with Gasteiger partial charge < -0.3 is 18.9 Å². The third-order valence-corrected chi connectivity index (χ3v) is 6.39. The molecule has 0 spiro atoms. The van der Waals surface area contributed by atoms with Gasteiger partial charge in [-0.1, -0.05) is 0 Å². The molecule has 5 atom stereocenters. The summed E-state index contributed by atoms with van der Waals surface area (Å²) in [6.07, 6.45) is 9.62. The standard InChI is InChI=1S/C22H40O4/c1-16-12-18(8-10-23-16)15-25-21(2,3)9-11-24-22(4,5)14-17-6-7-19-20(13-17)26-19/h16-20H,6-15H2,1-5H3. The van der Waals surface area contributed by atoms with Crippen molar-refractivity contribution in [1.82, 2.24) is 0 Å². The first kappa shape index (κ1) is 20.6. The Kier molecular flexibility index (Phi) is 6.70. The van der Waals surface area contributed by atoms with Crippen molar-refractivity contribution in [2.24, 2.45) is 11.8 Å². The second kappa shape index (κ2) is 8.46. The molecule has 2 aliphatic heterocycles. The van der Waals surface area contributed by atoms with Crippen LogP contribution in [0.4, 0.5) is 0 Å². The van der Waals surface area contributed by atoms with E-state index >= 15 is 0 Å². The van der Waals surface area contributed by atoms with Crippen molar-refractivity contribution in [2.45, 2.75) is 109 Å². The molecule has 3 aliphatic rings. The van der Waals surface area contributed by atoms with Gasteiger partial charge in [0, 0.05) is 6.61 Å². The molecule has 0 aromatic carbocycles. The van der Waals surface area contributed by atoms with Crippen molar-refractivity contribution in [3.8, 4) is 0 Å². The Morgan fingerprint density at radius 1 is 0.885 bits per heavy atom. The van der Waals surface area contributed by atoms with Crippen molar-refractivity contribution in [3.05, 3.63) is 0 Å². The van der Waals surface area contributed by atoms with Crippen LogP contribution >= 0.6 is 0 Å². The van der Waals surface area contributed by atoms with E-state index in [1.807, 2.05) is 0 Å². The van der Waals surface area contributed by atoms with Gasteiger partial charge in [-0.05, 0) is 91.4 Å². The predicted molar refractivity (Wildman–Crippen MR) is 103 cm³/mol. The van der Waals surface area contributed by atoms with Gasteiger partial charge in [-0.15, -0.1) is 0 Å². The molecule has 4 heteroatoms. The van der Waals surface area contributed by atoms with Gasteiger partial charge in [0.25, 0.3) is 0 Å². The van der Waals surface area contributed by atoms with Crippen molar-refractivity contribution < 1.29 is 18.9 Å². The molecule has 3 fully saturated rings. The third kappa shape index (κ3) is 6.47. The molecule has 0 amide bonds. The zero-order valence-electron chi connectivity index (χ0n) is 17.6. The molecule has 3 rings (SSSR count). The van der Waals surface area contributed by atoms with Gasteiger partial charge in [-0.2, -0.15) is 0 Å². The quantitative estimate of drug-likeness (QED) is 0.551. The summed E-state index contributed by atoms with van der Waals surface area (Å²) in [4.78, 5) is 0. The summed E-state index contributed by atoms with van der Waals surface area (Å²) in [5.41, 5.74) is -0.184. The lowest BCUT2D eigenvalue weighted by Crippen LogP contribution is -2.35. The SMILES string of the molecule is CC1CC(COC(C)(C)CCOC(C)(C)CC2CCC3OC3C2)CCO1. The molecular formula is C22H40O4. The average Bonchev–Trinajstić information content (AvgIpc) is 3.31. The van der Waals surface area contributed by atoms with E-state index in [1.54, 1.807) is 0 Å². The maximum Gasteiger partial charge on any atom is 0.0844 e. The number of fused-ring (bicyclic) bond motifs is 1. The minimum absolute atomic E-state index is 0.0569. The van der Waals surface area contributed by atoms with Crippen LogP contribution in [0.3, 0.4) is 0 Å². The van der Waals surface area contributed by atoms with Crippen LogP contribution < -0.4 is 0 Å². The topological polar surface area (TPSA) is 40.2 Å². The Morgan fingerprint density at radius 2 is 1.69 bits per heavy atom. The highest BCUT2D eigenvalue weighted by Gasteiger charge is 2.44. The van der Waals surface area contributed by atoms with Crippen LogP contribution in [0.25, 0.3) is 0 Å².